The Labute approximate surface area is 116 Å². The summed E-state index contributed by atoms with van der Waals surface area (Å²) in [6.45, 7) is 4.16. The van der Waals surface area contributed by atoms with Gasteiger partial charge in [0, 0.05) is 28.3 Å². The van der Waals surface area contributed by atoms with Crippen LogP contribution in [0.1, 0.15) is 25.6 Å². The van der Waals surface area contributed by atoms with Gasteiger partial charge in [0.25, 0.3) is 0 Å². The number of fused-ring (bicyclic) bond motifs is 1. The zero-order valence-corrected chi connectivity index (χ0v) is 12.2. The van der Waals surface area contributed by atoms with Crippen molar-refractivity contribution in [1.29, 1.82) is 0 Å². The Bertz CT molecular complexity index is 702. The number of pyridine rings is 1. The summed E-state index contributed by atoms with van der Waals surface area (Å²) in [6.07, 6.45) is 3.55. The van der Waals surface area contributed by atoms with Gasteiger partial charge in [-0.15, -0.1) is 10.2 Å². The van der Waals surface area contributed by atoms with E-state index in [1.165, 1.54) is 11.3 Å². The highest BCUT2D eigenvalue weighted by atomic mass is 79.9. The lowest BCUT2D eigenvalue weighted by atomic mass is 10.2. The van der Waals surface area contributed by atoms with Crippen molar-refractivity contribution in [2.45, 2.75) is 19.8 Å². The van der Waals surface area contributed by atoms with E-state index in [4.69, 9.17) is 0 Å². The standard InChI is InChI=1S/C11H10BrN5S/c1-6(2)9-14-15-11-17(9)16-10(18-11)7-3-8(12)5-13-4-7/h3-6H,1-2H3. The van der Waals surface area contributed by atoms with Crippen molar-refractivity contribution in [2.24, 2.45) is 0 Å². The second-order valence-corrected chi connectivity index (χ2v) is 6.08. The van der Waals surface area contributed by atoms with Crippen molar-refractivity contribution in [1.82, 2.24) is 24.8 Å². The highest BCUT2D eigenvalue weighted by Crippen LogP contribution is 2.27. The number of rotatable bonds is 2. The first-order valence-electron chi connectivity index (χ1n) is 5.48. The molecule has 0 aliphatic rings. The van der Waals surface area contributed by atoms with Crippen LogP contribution in [0.5, 0.6) is 0 Å². The van der Waals surface area contributed by atoms with Crippen LogP contribution in [0, 0.1) is 0 Å². The quantitative estimate of drug-likeness (QED) is 0.727. The minimum atomic E-state index is 0.301. The maximum absolute atomic E-state index is 4.55. The molecule has 0 N–H and O–H groups in total. The van der Waals surface area contributed by atoms with Crippen LogP contribution in [0.25, 0.3) is 15.5 Å². The molecule has 5 nitrogen and oxygen atoms in total. The number of nitrogens with zero attached hydrogens (tertiary/aromatic N) is 5. The lowest BCUT2D eigenvalue weighted by molar-refractivity contribution is 0.727. The molecular formula is C11H10BrN5S. The minimum Gasteiger partial charge on any atom is -0.263 e. The van der Waals surface area contributed by atoms with Gasteiger partial charge in [0.15, 0.2) is 5.82 Å². The molecule has 0 bridgehead atoms. The second-order valence-electron chi connectivity index (χ2n) is 4.21. The molecule has 3 heterocycles. The van der Waals surface area contributed by atoms with Crippen molar-refractivity contribution in [3.63, 3.8) is 0 Å². The number of halogens is 1. The Morgan fingerprint density at radius 1 is 1.28 bits per heavy atom. The molecule has 3 aromatic heterocycles. The van der Waals surface area contributed by atoms with Crippen LogP contribution in [-0.2, 0) is 0 Å². The van der Waals surface area contributed by atoms with Gasteiger partial charge in [-0.2, -0.15) is 9.61 Å². The molecule has 0 aliphatic carbocycles. The maximum Gasteiger partial charge on any atom is 0.234 e. The summed E-state index contributed by atoms with van der Waals surface area (Å²) in [5.41, 5.74) is 0.981. The number of hydrogen-bond donors (Lipinski definition) is 0. The molecule has 0 unspecified atom stereocenters. The first-order valence-corrected chi connectivity index (χ1v) is 7.09. The summed E-state index contributed by atoms with van der Waals surface area (Å²) in [4.78, 5) is 4.96. The molecule has 0 atom stereocenters. The number of hydrogen-bond acceptors (Lipinski definition) is 5. The van der Waals surface area contributed by atoms with Gasteiger partial charge in [0.2, 0.25) is 4.96 Å². The summed E-state index contributed by atoms with van der Waals surface area (Å²) in [5.74, 6) is 1.19. The van der Waals surface area contributed by atoms with Gasteiger partial charge < -0.3 is 0 Å². The fraction of sp³-hybridized carbons (Fsp3) is 0.273. The molecule has 0 saturated carbocycles. The third-order valence-electron chi connectivity index (χ3n) is 2.48. The summed E-state index contributed by atoms with van der Waals surface area (Å²) in [7, 11) is 0. The number of aromatic nitrogens is 5. The highest BCUT2D eigenvalue weighted by molar-refractivity contribution is 9.10. The lowest BCUT2D eigenvalue weighted by Crippen LogP contribution is -1.97. The molecule has 0 fully saturated rings. The van der Waals surface area contributed by atoms with E-state index >= 15 is 0 Å². The lowest BCUT2D eigenvalue weighted by Gasteiger charge is -1.98. The zero-order valence-electron chi connectivity index (χ0n) is 9.83. The topological polar surface area (TPSA) is 56.0 Å². The van der Waals surface area contributed by atoms with Gasteiger partial charge in [-0.05, 0) is 22.0 Å². The smallest absolute Gasteiger partial charge is 0.234 e. The highest BCUT2D eigenvalue weighted by Gasteiger charge is 2.15. The Morgan fingerprint density at radius 3 is 2.83 bits per heavy atom. The van der Waals surface area contributed by atoms with Gasteiger partial charge >= 0.3 is 0 Å². The van der Waals surface area contributed by atoms with Crippen molar-refractivity contribution in [3.8, 4) is 10.6 Å². The van der Waals surface area contributed by atoms with Crippen LogP contribution in [0.15, 0.2) is 22.9 Å². The molecule has 3 aromatic rings. The predicted molar refractivity (Wildman–Crippen MR) is 73.7 cm³/mol. The zero-order chi connectivity index (χ0) is 12.7. The van der Waals surface area contributed by atoms with Gasteiger partial charge in [-0.25, -0.2) is 0 Å². The van der Waals surface area contributed by atoms with Crippen molar-refractivity contribution in [2.75, 3.05) is 0 Å². The average molecular weight is 324 g/mol. The van der Waals surface area contributed by atoms with Gasteiger partial charge in [-0.3, -0.25) is 4.98 Å². The van der Waals surface area contributed by atoms with E-state index in [2.05, 4.69) is 50.1 Å². The summed E-state index contributed by atoms with van der Waals surface area (Å²) >= 11 is 4.93. The van der Waals surface area contributed by atoms with Crippen molar-refractivity contribution in [3.05, 3.63) is 28.8 Å². The minimum absolute atomic E-state index is 0.301. The Balaban J connectivity index is 2.14. The third-order valence-corrected chi connectivity index (χ3v) is 3.86. The summed E-state index contributed by atoms with van der Waals surface area (Å²) in [6, 6.07) is 1.99. The molecule has 0 radical (unpaired) electrons. The van der Waals surface area contributed by atoms with Gasteiger partial charge in [-0.1, -0.05) is 25.2 Å². The molecule has 0 amide bonds. The van der Waals surface area contributed by atoms with Crippen LogP contribution in [0.2, 0.25) is 0 Å². The van der Waals surface area contributed by atoms with Crippen LogP contribution in [0.4, 0.5) is 0 Å². The molecule has 18 heavy (non-hydrogen) atoms. The molecular weight excluding hydrogens is 314 g/mol. The van der Waals surface area contributed by atoms with E-state index in [1.807, 2.05) is 10.6 Å². The van der Waals surface area contributed by atoms with E-state index in [0.717, 1.165) is 25.8 Å². The van der Waals surface area contributed by atoms with Crippen molar-refractivity contribution < 1.29 is 0 Å². The van der Waals surface area contributed by atoms with Gasteiger partial charge in [0.1, 0.15) is 5.01 Å². The Kier molecular flexibility index (Phi) is 2.87. The second kappa shape index (κ2) is 4.40. The first kappa shape index (κ1) is 11.7. The van der Waals surface area contributed by atoms with E-state index < -0.39 is 0 Å². The fourth-order valence-electron chi connectivity index (χ4n) is 1.64. The Hall–Kier alpha value is -1.34. The third kappa shape index (κ3) is 1.93. The van der Waals surface area contributed by atoms with Crippen LogP contribution < -0.4 is 0 Å². The molecule has 0 aliphatic heterocycles. The van der Waals surface area contributed by atoms with Crippen LogP contribution >= 0.6 is 27.3 Å². The van der Waals surface area contributed by atoms with Gasteiger partial charge in [0.05, 0.1) is 0 Å². The molecule has 0 saturated heterocycles. The molecule has 7 heteroatoms. The first-order chi connectivity index (χ1) is 8.65. The largest absolute Gasteiger partial charge is 0.263 e. The van der Waals surface area contributed by atoms with E-state index in [0.29, 0.717) is 5.92 Å². The predicted octanol–water partition coefficient (Wildman–Crippen LogP) is 3.13. The molecule has 92 valence electrons. The van der Waals surface area contributed by atoms with Crippen LogP contribution in [0.3, 0.4) is 0 Å². The Morgan fingerprint density at radius 2 is 2.11 bits per heavy atom. The monoisotopic (exact) mass is 323 g/mol. The fourth-order valence-corrected chi connectivity index (χ4v) is 2.83. The normalized spacial score (nSPS) is 11.6. The average Bonchev–Trinajstić information content (AvgIpc) is 2.87. The maximum atomic E-state index is 4.55. The molecule has 3 rings (SSSR count). The molecule has 0 aromatic carbocycles. The SMILES string of the molecule is CC(C)c1nnc2sc(-c3cncc(Br)c3)nn12. The van der Waals surface area contributed by atoms with Crippen LogP contribution in [-0.4, -0.2) is 24.8 Å². The molecule has 0 spiro atoms. The van der Waals surface area contributed by atoms with E-state index in [1.54, 1.807) is 12.4 Å². The van der Waals surface area contributed by atoms with E-state index in [-0.39, 0.29) is 0 Å². The summed E-state index contributed by atoms with van der Waals surface area (Å²) < 4.78 is 2.75. The van der Waals surface area contributed by atoms with E-state index in [9.17, 15) is 0 Å². The summed E-state index contributed by atoms with van der Waals surface area (Å²) in [5, 5.41) is 13.7. The van der Waals surface area contributed by atoms with Crippen molar-refractivity contribution >= 4 is 32.2 Å².